The molecular weight excluding hydrogens is 302 g/mol. The maximum atomic E-state index is 12.2. The topological polar surface area (TPSA) is 71.1 Å². The lowest BCUT2D eigenvalue weighted by atomic mass is 10.2. The van der Waals surface area contributed by atoms with Crippen LogP contribution in [0.3, 0.4) is 0 Å². The molecule has 0 spiro atoms. The summed E-state index contributed by atoms with van der Waals surface area (Å²) in [7, 11) is 0. The van der Waals surface area contributed by atoms with Crippen molar-refractivity contribution in [2.75, 3.05) is 5.32 Å². The van der Waals surface area contributed by atoms with Crippen molar-refractivity contribution in [3.05, 3.63) is 58.9 Å². The molecule has 22 heavy (non-hydrogen) atoms. The summed E-state index contributed by atoms with van der Waals surface area (Å²) in [5, 5.41) is 6.18. The van der Waals surface area contributed by atoms with E-state index in [0.717, 1.165) is 12.8 Å². The highest BCUT2D eigenvalue weighted by Crippen LogP contribution is 2.19. The van der Waals surface area contributed by atoms with E-state index in [2.05, 4.69) is 15.6 Å². The second kappa shape index (κ2) is 6.15. The first-order chi connectivity index (χ1) is 10.6. The molecule has 2 N–H and O–H groups in total. The summed E-state index contributed by atoms with van der Waals surface area (Å²) in [6.45, 7) is 0. The van der Waals surface area contributed by atoms with Crippen molar-refractivity contribution in [3.63, 3.8) is 0 Å². The van der Waals surface area contributed by atoms with Gasteiger partial charge < -0.3 is 10.6 Å². The number of aromatic nitrogens is 1. The molecule has 112 valence electrons. The molecule has 1 aliphatic rings. The Morgan fingerprint density at radius 2 is 1.82 bits per heavy atom. The number of carbonyl (C=O) groups is 2. The Balaban J connectivity index is 1.71. The van der Waals surface area contributed by atoms with Gasteiger partial charge in [0.15, 0.2) is 0 Å². The molecule has 0 unspecified atom stereocenters. The SMILES string of the molecule is O=C(NC1CC1)c1ccnc(C(=O)Nc2ccc(Cl)cc2)c1. The summed E-state index contributed by atoms with van der Waals surface area (Å²) in [6.07, 6.45) is 3.49. The minimum atomic E-state index is -0.372. The predicted octanol–water partition coefficient (Wildman–Crippen LogP) is 2.88. The molecule has 0 radical (unpaired) electrons. The fourth-order valence-corrected chi connectivity index (χ4v) is 2.05. The Morgan fingerprint density at radius 3 is 2.50 bits per heavy atom. The summed E-state index contributed by atoms with van der Waals surface area (Å²) in [5.74, 6) is -0.547. The maximum Gasteiger partial charge on any atom is 0.274 e. The van der Waals surface area contributed by atoms with E-state index in [4.69, 9.17) is 11.6 Å². The normalized spacial score (nSPS) is 13.5. The molecule has 2 aromatic rings. The van der Waals surface area contributed by atoms with Crippen LogP contribution >= 0.6 is 11.6 Å². The minimum Gasteiger partial charge on any atom is -0.349 e. The molecule has 5 nitrogen and oxygen atoms in total. The summed E-state index contributed by atoms with van der Waals surface area (Å²) >= 11 is 5.80. The molecule has 0 saturated heterocycles. The van der Waals surface area contributed by atoms with E-state index in [0.29, 0.717) is 16.3 Å². The van der Waals surface area contributed by atoms with Gasteiger partial charge in [-0.1, -0.05) is 11.6 Å². The number of hydrogen-bond donors (Lipinski definition) is 2. The van der Waals surface area contributed by atoms with Crippen LogP contribution in [0.2, 0.25) is 5.02 Å². The summed E-state index contributed by atoms with van der Waals surface area (Å²) in [5.41, 5.74) is 1.24. The van der Waals surface area contributed by atoms with Crippen molar-refractivity contribution < 1.29 is 9.59 Å². The van der Waals surface area contributed by atoms with Gasteiger partial charge in [0.2, 0.25) is 0 Å². The molecule has 3 rings (SSSR count). The number of benzene rings is 1. The van der Waals surface area contributed by atoms with Gasteiger partial charge in [-0.05, 0) is 49.2 Å². The van der Waals surface area contributed by atoms with Crippen LogP contribution in [0.1, 0.15) is 33.7 Å². The third-order valence-corrected chi connectivity index (χ3v) is 3.52. The summed E-state index contributed by atoms with van der Waals surface area (Å²) < 4.78 is 0. The van der Waals surface area contributed by atoms with E-state index in [9.17, 15) is 9.59 Å². The highest BCUT2D eigenvalue weighted by molar-refractivity contribution is 6.30. The van der Waals surface area contributed by atoms with Gasteiger partial charge in [0.25, 0.3) is 11.8 Å². The Kier molecular flexibility index (Phi) is 4.06. The van der Waals surface area contributed by atoms with Crippen LogP contribution in [0.4, 0.5) is 5.69 Å². The van der Waals surface area contributed by atoms with Crippen LogP contribution in [-0.4, -0.2) is 22.8 Å². The van der Waals surface area contributed by atoms with E-state index < -0.39 is 0 Å². The lowest BCUT2D eigenvalue weighted by Gasteiger charge is -2.07. The van der Waals surface area contributed by atoms with Crippen LogP contribution < -0.4 is 10.6 Å². The molecule has 6 heteroatoms. The number of nitrogens with one attached hydrogen (secondary N) is 2. The number of hydrogen-bond acceptors (Lipinski definition) is 3. The number of nitrogens with zero attached hydrogens (tertiary/aromatic N) is 1. The van der Waals surface area contributed by atoms with Crippen molar-refractivity contribution in [1.82, 2.24) is 10.3 Å². The van der Waals surface area contributed by atoms with Gasteiger partial charge in [-0.25, -0.2) is 0 Å². The van der Waals surface area contributed by atoms with Crippen molar-refractivity contribution in [2.24, 2.45) is 0 Å². The fraction of sp³-hybridized carbons (Fsp3) is 0.188. The Morgan fingerprint density at radius 1 is 1.09 bits per heavy atom. The van der Waals surface area contributed by atoms with Gasteiger partial charge in [0.1, 0.15) is 5.69 Å². The molecule has 0 atom stereocenters. The Labute approximate surface area is 132 Å². The summed E-state index contributed by atoms with van der Waals surface area (Å²) in [6, 6.07) is 10.1. The van der Waals surface area contributed by atoms with Gasteiger partial charge in [0.05, 0.1) is 0 Å². The monoisotopic (exact) mass is 315 g/mol. The average molecular weight is 316 g/mol. The maximum absolute atomic E-state index is 12.2. The molecule has 1 fully saturated rings. The number of pyridine rings is 1. The Hall–Kier alpha value is -2.40. The van der Waals surface area contributed by atoms with E-state index in [1.54, 1.807) is 30.3 Å². The van der Waals surface area contributed by atoms with Crippen LogP contribution in [0, 0.1) is 0 Å². The lowest BCUT2D eigenvalue weighted by Crippen LogP contribution is -2.26. The molecule has 1 saturated carbocycles. The van der Waals surface area contributed by atoms with Gasteiger partial charge >= 0.3 is 0 Å². The minimum absolute atomic E-state index is 0.176. The van der Waals surface area contributed by atoms with Crippen LogP contribution in [0.5, 0.6) is 0 Å². The van der Waals surface area contributed by atoms with Crippen molar-refractivity contribution >= 4 is 29.1 Å². The number of rotatable bonds is 4. The molecule has 1 aliphatic carbocycles. The van der Waals surface area contributed by atoms with E-state index in [1.165, 1.54) is 12.3 Å². The van der Waals surface area contributed by atoms with Crippen molar-refractivity contribution in [3.8, 4) is 0 Å². The zero-order valence-corrected chi connectivity index (χ0v) is 12.4. The van der Waals surface area contributed by atoms with Gasteiger partial charge in [-0.3, -0.25) is 14.6 Å². The van der Waals surface area contributed by atoms with E-state index in [1.807, 2.05) is 0 Å². The van der Waals surface area contributed by atoms with E-state index >= 15 is 0 Å². The average Bonchev–Trinajstić information content (AvgIpc) is 3.33. The fourth-order valence-electron chi connectivity index (χ4n) is 1.92. The zero-order chi connectivity index (χ0) is 15.5. The predicted molar refractivity (Wildman–Crippen MR) is 84.1 cm³/mol. The first kappa shape index (κ1) is 14.5. The van der Waals surface area contributed by atoms with Crippen LogP contribution in [0.15, 0.2) is 42.6 Å². The van der Waals surface area contributed by atoms with Gasteiger partial charge in [0, 0.05) is 28.5 Å². The first-order valence-corrected chi connectivity index (χ1v) is 7.33. The summed E-state index contributed by atoms with van der Waals surface area (Å²) in [4.78, 5) is 28.2. The standard InChI is InChI=1S/C16H14ClN3O2/c17-11-1-3-12(4-2-11)20-16(22)14-9-10(7-8-18-14)15(21)19-13-5-6-13/h1-4,7-9,13H,5-6H2,(H,19,21)(H,20,22). The lowest BCUT2D eigenvalue weighted by molar-refractivity contribution is 0.0951. The number of carbonyl (C=O) groups excluding carboxylic acids is 2. The number of anilines is 1. The molecule has 1 aromatic heterocycles. The van der Waals surface area contributed by atoms with Crippen molar-refractivity contribution in [1.29, 1.82) is 0 Å². The third-order valence-electron chi connectivity index (χ3n) is 3.27. The highest BCUT2D eigenvalue weighted by atomic mass is 35.5. The van der Waals surface area contributed by atoms with Crippen LogP contribution in [-0.2, 0) is 0 Å². The second-order valence-electron chi connectivity index (χ2n) is 5.14. The molecule has 0 bridgehead atoms. The molecule has 1 heterocycles. The smallest absolute Gasteiger partial charge is 0.274 e. The number of halogens is 1. The van der Waals surface area contributed by atoms with E-state index in [-0.39, 0.29) is 23.6 Å². The second-order valence-corrected chi connectivity index (χ2v) is 5.57. The molecular formula is C16H14ClN3O2. The Bertz CT molecular complexity index is 712. The quantitative estimate of drug-likeness (QED) is 0.911. The molecule has 2 amide bonds. The van der Waals surface area contributed by atoms with Crippen LogP contribution in [0.25, 0.3) is 0 Å². The zero-order valence-electron chi connectivity index (χ0n) is 11.7. The molecule has 1 aromatic carbocycles. The van der Waals surface area contributed by atoms with Gasteiger partial charge in [-0.15, -0.1) is 0 Å². The van der Waals surface area contributed by atoms with Gasteiger partial charge in [-0.2, -0.15) is 0 Å². The largest absolute Gasteiger partial charge is 0.349 e. The molecule has 0 aliphatic heterocycles. The van der Waals surface area contributed by atoms with Crippen molar-refractivity contribution in [2.45, 2.75) is 18.9 Å². The first-order valence-electron chi connectivity index (χ1n) is 6.95. The highest BCUT2D eigenvalue weighted by Gasteiger charge is 2.24. The number of amides is 2. The third kappa shape index (κ3) is 3.62.